The molecule has 0 amide bonds. The number of hydrogen-bond donors (Lipinski definition) is 1. The predicted octanol–water partition coefficient (Wildman–Crippen LogP) is 1.29. The maximum atomic E-state index is 12.5. The van der Waals surface area contributed by atoms with Gasteiger partial charge in [-0.3, -0.25) is 0 Å². The Morgan fingerprint density at radius 1 is 1.38 bits per heavy atom. The van der Waals surface area contributed by atoms with Crippen LogP contribution in [-0.2, 0) is 0 Å². The number of nitrogen functional groups attached to an aromatic ring is 1. The molecule has 1 aromatic carbocycles. The van der Waals surface area contributed by atoms with Crippen LogP contribution in [0.25, 0.3) is 16.7 Å². The number of benzene rings is 1. The molecule has 4 rings (SSSR count). The number of aromatic nitrogens is 6. The van der Waals surface area contributed by atoms with Gasteiger partial charge in [0.15, 0.2) is 17.0 Å². The van der Waals surface area contributed by atoms with Crippen LogP contribution in [-0.4, -0.2) is 35.7 Å². The summed E-state index contributed by atoms with van der Waals surface area (Å²) in [6, 6.07) is 4.93. The molecule has 0 atom stereocenters. The molecule has 0 aliphatic rings. The molecule has 0 bridgehead atoms. The van der Waals surface area contributed by atoms with Crippen LogP contribution in [0.3, 0.4) is 0 Å². The van der Waals surface area contributed by atoms with Gasteiger partial charge in [0.1, 0.15) is 11.0 Å². The van der Waals surface area contributed by atoms with Crippen LogP contribution in [0.1, 0.15) is 15.9 Å². The number of halogens is 1. The topological polar surface area (TPSA) is 113 Å². The number of hydrogen-bond acceptors (Lipinski definition) is 7. The Labute approximate surface area is 139 Å². The van der Waals surface area contributed by atoms with Crippen LogP contribution in [0.15, 0.2) is 30.6 Å². The van der Waals surface area contributed by atoms with Gasteiger partial charge in [-0.1, -0.05) is 16.4 Å². The summed E-state index contributed by atoms with van der Waals surface area (Å²) in [6.07, 6.45) is 3.32. The standard InChI is InChI=1S/C14H10ClN7O2/c1-7-5-17-13-11(12(16)19-21(13)6-7)14(23)24-22-10-4-8(15)2-3-9(10)18-20-22/h2-6H,1H3,(H2,16,19). The van der Waals surface area contributed by atoms with Crippen molar-refractivity contribution in [1.82, 2.24) is 29.8 Å². The van der Waals surface area contributed by atoms with Crippen LogP contribution < -0.4 is 10.6 Å². The minimum atomic E-state index is -0.745. The summed E-state index contributed by atoms with van der Waals surface area (Å²) in [5.41, 5.74) is 8.05. The molecular formula is C14H10ClN7O2. The summed E-state index contributed by atoms with van der Waals surface area (Å²) in [5.74, 6) is -0.730. The molecular weight excluding hydrogens is 334 g/mol. The van der Waals surface area contributed by atoms with Gasteiger partial charge in [0.2, 0.25) is 0 Å². The lowest BCUT2D eigenvalue weighted by molar-refractivity contribution is 0.0412. The van der Waals surface area contributed by atoms with E-state index in [1.165, 1.54) is 4.52 Å². The van der Waals surface area contributed by atoms with Crippen molar-refractivity contribution in [2.24, 2.45) is 0 Å². The Balaban J connectivity index is 1.76. The molecule has 0 aliphatic heterocycles. The SMILES string of the molecule is Cc1cnc2c(C(=O)On3nnc4ccc(Cl)cc43)c(N)nn2c1. The highest BCUT2D eigenvalue weighted by molar-refractivity contribution is 6.31. The minimum absolute atomic E-state index is 0.0144. The molecule has 0 saturated carbocycles. The number of carbonyl (C=O) groups excluding carboxylic acids is 1. The normalized spacial score (nSPS) is 11.2. The van der Waals surface area contributed by atoms with Gasteiger partial charge in [0.05, 0.1) is 0 Å². The largest absolute Gasteiger partial charge is 0.381 e. The van der Waals surface area contributed by atoms with Gasteiger partial charge in [-0.15, -0.1) is 10.2 Å². The van der Waals surface area contributed by atoms with Crippen molar-refractivity contribution < 1.29 is 9.63 Å². The van der Waals surface area contributed by atoms with E-state index in [1.807, 2.05) is 6.92 Å². The number of anilines is 1. The molecule has 3 heterocycles. The van der Waals surface area contributed by atoms with E-state index in [2.05, 4.69) is 20.4 Å². The van der Waals surface area contributed by atoms with Gasteiger partial charge in [0.25, 0.3) is 0 Å². The molecule has 0 saturated heterocycles. The summed E-state index contributed by atoms with van der Waals surface area (Å²) in [5, 5.41) is 12.2. The predicted molar refractivity (Wildman–Crippen MR) is 85.6 cm³/mol. The molecule has 0 spiro atoms. The average Bonchev–Trinajstić information content (AvgIpc) is 3.07. The van der Waals surface area contributed by atoms with Crippen molar-refractivity contribution in [2.75, 3.05) is 5.73 Å². The van der Waals surface area contributed by atoms with Crippen LogP contribution in [0, 0.1) is 6.92 Å². The van der Waals surface area contributed by atoms with Gasteiger partial charge < -0.3 is 10.6 Å². The van der Waals surface area contributed by atoms with Crippen molar-refractivity contribution >= 4 is 40.1 Å². The Morgan fingerprint density at radius 3 is 3.04 bits per heavy atom. The van der Waals surface area contributed by atoms with Gasteiger partial charge in [0, 0.05) is 17.4 Å². The quantitative estimate of drug-likeness (QED) is 0.545. The highest BCUT2D eigenvalue weighted by Crippen LogP contribution is 2.19. The van der Waals surface area contributed by atoms with Crippen molar-refractivity contribution in [1.29, 1.82) is 0 Å². The van der Waals surface area contributed by atoms with Gasteiger partial charge in [-0.25, -0.2) is 14.3 Å². The lowest BCUT2D eigenvalue weighted by Crippen LogP contribution is -2.22. The number of rotatable bonds is 2. The van der Waals surface area contributed by atoms with Crippen molar-refractivity contribution in [3.8, 4) is 0 Å². The molecule has 0 fully saturated rings. The van der Waals surface area contributed by atoms with Gasteiger partial charge >= 0.3 is 5.97 Å². The first-order valence-electron chi connectivity index (χ1n) is 6.87. The Morgan fingerprint density at radius 2 is 2.21 bits per heavy atom. The second-order valence-electron chi connectivity index (χ2n) is 5.13. The van der Waals surface area contributed by atoms with E-state index in [0.717, 1.165) is 10.4 Å². The van der Waals surface area contributed by atoms with E-state index in [0.29, 0.717) is 21.7 Å². The molecule has 120 valence electrons. The van der Waals surface area contributed by atoms with E-state index >= 15 is 0 Å². The molecule has 0 radical (unpaired) electrons. The summed E-state index contributed by atoms with van der Waals surface area (Å²) in [4.78, 5) is 22.9. The third kappa shape index (κ3) is 2.22. The van der Waals surface area contributed by atoms with E-state index < -0.39 is 5.97 Å². The fourth-order valence-electron chi connectivity index (χ4n) is 2.30. The molecule has 3 aromatic heterocycles. The first-order valence-corrected chi connectivity index (χ1v) is 7.25. The number of fused-ring (bicyclic) bond motifs is 2. The maximum Gasteiger partial charge on any atom is 0.373 e. The summed E-state index contributed by atoms with van der Waals surface area (Å²) in [6.45, 7) is 1.85. The fraction of sp³-hybridized carbons (Fsp3) is 0.0714. The number of carbonyl (C=O) groups is 1. The zero-order chi connectivity index (χ0) is 16.8. The average molecular weight is 344 g/mol. The second kappa shape index (κ2) is 5.17. The third-order valence-electron chi connectivity index (χ3n) is 3.38. The molecule has 0 aliphatic carbocycles. The fourth-order valence-corrected chi connectivity index (χ4v) is 2.47. The van der Waals surface area contributed by atoms with Gasteiger partial charge in [-0.2, -0.15) is 0 Å². The lowest BCUT2D eigenvalue weighted by Gasteiger charge is -2.03. The molecule has 4 aromatic rings. The summed E-state index contributed by atoms with van der Waals surface area (Å²) < 4.78 is 1.43. The van der Waals surface area contributed by atoms with E-state index in [4.69, 9.17) is 22.2 Å². The number of aryl methyl sites for hydroxylation is 1. The van der Waals surface area contributed by atoms with Crippen LogP contribution in [0.4, 0.5) is 5.82 Å². The monoisotopic (exact) mass is 343 g/mol. The lowest BCUT2D eigenvalue weighted by atomic mass is 10.3. The third-order valence-corrected chi connectivity index (χ3v) is 3.61. The zero-order valence-electron chi connectivity index (χ0n) is 12.3. The molecule has 9 nitrogen and oxygen atoms in total. The van der Waals surface area contributed by atoms with Crippen molar-refractivity contribution in [3.63, 3.8) is 0 Å². The van der Waals surface area contributed by atoms with E-state index in [1.54, 1.807) is 30.6 Å². The second-order valence-corrected chi connectivity index (χ2v) is 5.57. The highest BCUT2D eigenvalue weighted by atomic mass is 35.5. The molecule has 2 N–H and O–H groups in total. The molecule has 24 heavy (non-hydrogen) atoms. The van der Waals surface area contributed by atoms with Crippen LogP contribution in [0.5, 0.6) is 0 Å². The summed E-state index contributed by atoms with van der Waals surface area (Å²) in [7, 11) is 0. The maximum absolute atomic E-state index is 12.5. The highest BCUT2D eigenvalue weighted by Gasteiger charge is 2.23. The van der Waals surface area contributed by atoms with Crippen LogP contribution >= 0.6 is 11.6 Å². The van der Waals surface area contributed by atoms with Gasteiger partial charge in [-0.05, 0) is 35.9 Å². The van der Waals surface area contributed by atoms with Crippen LogP contribution in [0.2, 0.25) is 5.02 Å². The Kier molecular flexibility index (Phi) is 3.10. The van der Waals surface area contributed by atoms with E-state index in [-0.39, 0.29) is 11.4 Å². The molecule has 10 heteroatoms. The van der Waals surface area contributed by atoms with Crippen molar-refractivity contribution in [2.45, 2.75) is 6.92 Å². The molecule has 0 unspecified atom stereocenters. The first kappa shape index (κ1) is 14.4. The summed E-state index contributed by atoms with van der Waals surface area (Å²) >= 11 is 5.95. The smallest absolute Gasteiger partial charge is 0.373 e. The Hall–Kier alpha value is -3.20. The number of nitrogens with zero attached hydrogens (tertiary/aromatic N) is 6. The van der Waals surface area contributed by atoms with E-state index in [9.17, 15) is 4.79 Å². The minimum Gasteiger partial charge on any atom is -0.381 e. The number of nitrogens with two attached hydrogens (primary N) is 1. The zero-order valence-corrected chi connectivity index (χ0v) is 13.1. The Bertz CT molecular complexity index is 1100. The first-order chi connectivity index (χ1) is 11.5. The van der Waals surface area contributed by atoms with Crippen molar-refractivity contribution in [3.05, 3.63) is 46.7 Å².